The van der Waals surface area contributed by atoms with E-state index in [1.807, 2.05) is 42.5 Å². The number of allylic oxidation sites excluding steroid dienone is 4. The van der Waals surface area contributed by atoms with Gasteiger partial charge in [-0.15, -0.1) is 0 Å². The van der Waals surface area contributed by atoms with E-state index < -0.39 is 0 Å². The van der Waals surface area contributed by atoms with Crippen molar-refractivity contribution in [3.8, 4) is 5.75 Å². The maximum Gasteiger partial charge on any atom is 0.140 e. The summed E-state index contributed by atoms with van der Waals surface area (Å²) in [7, 11) is 1.75. The third-order valence-corrected chi connectivity index (χ3v) is 3.79. The van der Waals surface area contributed by atoms with Gasteiger partial charge < -0.3 is 15.8 Å². The maximum absolute atomic E-state index is 8.46. The average molecular weight is 321 g/mol. The zero-order valence-electron chi connectivity index (χ0n) is 13.4. The molecule has 1 aromatic heterocycles. The molecule has 0 spiro atoms. The Morgan fingerprint density at radius 3 is 2.62 bits per heavy atom. The van der Waals surface area contributed by atoms with Gasteiger partial charge in [-0.25, -0.2) is 9.97 Å². The van der Waals surface area contributed by atoms with E-state index in [2.05, 4.69) is 15.3 Å². The third kappa shape index (κ3) is 3.27. The van der Waals surface area contributed by atoms with Crippen LogP contribution in [-0.4, -0.2) is 22.7 Å². The topological polar surface area (TPSA) is 96.9 Å². The van der Waals surface area contributed by atoms with E-state index in [1.165, 1.54) is 6.33 Å². The van der Waals surface area contributed by atoms with Crippen LogP contribution in [0.5, 0.6) is 5.75 Å². The Kier molecular flexibility index (Phi) is 4.56. The molecule has 0 amide bonds. The predicted molar refractivity (Wildman–Crippen MR) is 95.3 cm³/mol. The molecule has 122 valence electrons. The normalized spacial score (nSPS) is 13.7. The fraction of sp³-hybridized carbons (Fsp3) is 0.167. The molecule has 0 fully saturated rings. The highest BCUT2D eigenvalue weighted by Gasteiger charge is 2.19. The van der Waals surface area contributed by atoms with Gasteiger partial charge in [-0.3, -0.25) is 5.41 Å². The van der Waals surface area contributed by atoms with Gasteiger partial charge >= 0.3 is 0 Å². The SMILES string of the molecule is CNc1ncnc(N)c1C(=N)C1=CC=C(Oc2ccccc2)CC1. The molecule has 0 radical (unpaired) electrons. The highest BCUT2D eigenvalue weighted by atomic mass is 16.5. The summed E-state index contributed by atoms with van der Waals surface area (Å²) in [6.07, 6.45) is 6.62. The number of nitrogen functional groups attached to an aromatic ring is 1. The first-order valence-electron chi connectivity index (χ1n) is 7.69. The van der Waals surface area contributed by atoms with Crippen LogP contribution in [0.3, 0.4) is 0 Å². The predicted octanol–water partition coefficient (Wildman–Crippen LogP) is 3.15. The van der Waals surface area contributed by atoms with Gasteiger partial charge in [0.2, 0.25) is 0 Å². The van der Waals surface area contributed by atoms with E-state index in [1.54, 1.807) is 7.05 Å². The zero-order valence-corrected chi connectivity index (χ0v) is 13.4. The van der Waals surface area contributed by atoms with Gasteiger partial charge in [0, 0.05) is 13.5 Å². The van der Waals surface area contributed by atoms with Gasteiger partial charge in [-0.1, -0.05) is 24.3 Å². The quantitative estimate of drug-likeness (QED) is 0.735. The first-order chi connectivity index (χ1) is 11.7. The monoisotopic (exact) mass is 321 g/mol. The van der Waals surface area contributed by atoms with Crippen LogP contribution in [0, 0.1) is 5.41 Å². The smallest absolute Gasteiger partial charge is 0.140 e. The average Bonchev–Trinajstić information content (AvgIpc) is 2.62. The highest BCUT2D eigenvalue weighted by molar-refractivity contribution is 6.16. The van der Waals surface area contributed by atoms with E-state index in [0.717, 1.165) is 23.5 Å². The minimum Gasteiger partial charge on any atom is -0.462 e. The minimum atomic E-state index is 0.301. The van der Waals surface area contributed by atoms with E-state index in [0.29, 0.717) is 29.3 Å². The fourth-order valence-corrected chi connectivity index (χ4v) is 2.55. The van der Waals surface area contributed by atoms with Crippen LogP contribution in [-0.2, 0) is 0 Å². The molecule has 0 saturated heterocycles. The van der Waals surface area contributed by atoms with Gasteiger partial charge in [-0.05, 0) is 30.2 Å². The Balaban J connectivity index is 1.81. The van der Waals surface area contributed by atoms with Crippen LogP contribution in [0.15, 0.2) is 60.1 Å². The van der Waals surface area contributed by atoms with E-state index >= 15 is 0 Å². The number of nitrogens with zero attached hydrogens (tertiary/aromatic N) is 2. The number of anilines is 2. The van der Waals surface area contributed by atoms with Crippen molar-refractivity contribution >= 4 is 17.3 Å². The summed E-state index contributed by atoms with van der Waals surface area (Å²) < 4.78 is 5.84. The summed E-state index contributed by atoms with van der Waals surface area (Å²) in [6, 6.07) is 9.67. The summed E-state index contributed by atoms with van der Waals surface area (Å²) >= 11 is 0. The summed E-state index contributed by atoms with van der Waals surface area (Å²) in [5, 5.41) is 11.4. The van der Waals surface area contributed by atoms with Crippen LogP contribution in [0.4, 0.5) is 11.6 Å². The zero-order chi connectivity index (χ0) is 16.9. The lowest BCUT2D eigenvalue weighted by Crippen LogP contribution is -2.14. The van der Waals surface area contributed by atoms with Crippen LogP contribution < -0.4 is 15.8 Å². The molecule has 6 nitrogen and oxygen atoms in total. The van der Waals surface area contributed by atoms with Crippen molar-refractivity contribution in [2.45, 2.75) is 12.8 Å². The second kappa shape index (κ2) is 6.95. The first kappa shape index (κ1) is 15.7. The second-order valence-electron chi connectivity index (χ2n) is 5.35. The van der Waals surface area contributed by atoms with Crippen molar-refractivity contribution in [1.29, 1.82) is 5.41 Å². The van der Waals surface area contributed by atoms with Crippen molar-refractivity contribution in [3.05, 3.63) is 65.7 Å². The lowest BCUT2D eigenvalue weighted by molar-refractivity contribution is 0.402. The van der Waals surface area contributed by atoms with Crippen molar-refractivity contribution in [1.82, 2.24) is 9.97 Å². The van der Waals surface area contributed by atoms with Gasteiger partial charge in [-0.2, -0.15) is 0 Å². The van der Waals surface area contributed by atoms with Crippen LogP contribution in [0.25, 0.3) is 0 Å². The minimum absolute atomic E-state index is 0.301. The molecule has 4 N–H and O–H groups in total. The van der Waals surface area contributed by atoms with Gasteiger partial charge in [0.05, 0.1) is 11.3 Å². The molecule has 6 heteroatoms. The van der Waals surface area contributed by atoms with E-state index in [4.69, 9.17) is 15.9 Å². The number of aromatic nitrogens is 2. The fourth-order valence-electron chi connectivity index (χ4n) is 2.55. The number of rotatable bonds is 5. The molecule has 1 aliphatic carbocycles. The number of benzene rings is 1. The number of hydrogen-bond donors (Lipinski definition) is 3. The van der Waals surface area contributed by atoms with Crippen LogP contribution in [0.2, 0.25) is 0 Å². The standard InChI is InChI=1S/C18H19N5O/c1-21-18-15(17(20)22-11-23-18)16(19)12-7-9-14(10-8-12)24-13-5-3-2-4-6-13/h2-7,9,11,19H,8,10H2,1H3,(H3,20,21,22,23). The third-order valence-electron chi connectivity index (χ3n) is 3.79. The molecule has 1 aromatic carbocycles. The van der Waals surface area contributed by atoms with Gasteiger partial charge in [0.1, 0.15) is 29.5 Å². The Bertz CT molecular complexity index is 811. The van der Waals surface area contributed by atoms with Crippen molar-refractivity contribution in [2.75, 3.05) is 18.1 Å². The number of nitrogens with one attached hydrogen (secondary N) is 2. The first-order valence-corrected chi connectivity index (χ1v) is 7.69. The molecular formula is C18H19N5O. The van der Waals surface area contributed by atoms with E-state index in [9.17, 15) is 0 Å². The Labute approximate surface area is 140 Å². The molecular weight excluding hydrogens is 302 g/mol. The molecule has 1 heterocycles. The number of nitrogens with two attached hydrogens (primary N) is 1. The molecule has 0 aliphatic heterocycles. The molecule has 0 bridgehead atoms. The van der Waals surface area contributed by atoms with Crippen molar-refractivity contribution in [2.24, 2.45) is 0 Å². The van der Waals surface area contributed by atoms with E-state index in [-0.39, 0.29) is 0 Å². The Hall–Kier alpha value is -3.15. The molecule has 1 aliphatic rings. The van der Waals surface area contributed by atoms with Crippen LogP contribution in [0.1, 0.15) is 18.4 Å². The molecule has 3 rings (SSSR count). The lowest BCUT2D eigenvalue weighted by atomic mass is 9.95. The van der Waals surface area contributed by atoms with Crippen LogP contribution >= 0.6 is 0 Å². The molecule has 0 unspecified atom stereocenters. The Morgan fingerprint density at radius 2 is 1.96 bits per heavy atom. The summed E-state index contributed by atoms with van der Waals surface area (Å²) in [4.78, 5) is 8.13. The highest BCUT2D eigenvalue weighted by Crippen LogP contribution is 2.27. The maximum atomic E-state index is 8.46. The van der Waals surface area contributed by atoms with Gasteiger partial charge in [0.15, 0.2) is 0 Å². The largest absolute Gasteiger partial charge is 0.462 e. The molecule has 0 atom stereocenters. The summed E-state index contributed by atoms with van der Waals surface area (Å²) in [5.74, 6) is 2.55. The Morgan fingerprint density at radius 1 is 1.17 bits per heavy atom. The molecule has 24 heavy (non-hydrogen) atoms. The molecule has 0 saturated carbocycles. The number of hydrogen-bond acceptors (Lipinski definition) is 6. The summed E-state index contributed by atoms with van der Waals surface area (Å²) in [6.45, 7) is 0. The lowest BCUT2D eigenvalue weighted by Gasteiger charge is -2.18. The van der Waals surface area contributed by atoms with Crippen molar-refractivity contribution < 1.29 is 4.74 Å². The summed E-state index contributed by atoms with van der Waals surface area (Å²) in [5.41, 5.74) is 7.69. The number of ether oxygens (including phenoxy) is 1. The molecule has 2 aromatic rings. The van der Waals surface area contributed by atoms with Gasteiger partial charge in [0.25, 0.3) is 0 Å². The number of para-hydroxylation sites is 1. The second-order valence-corrected chi connectivity index (χ2v) is 5.35. The van der Waals surface area contributed by atoms with Crippen molar-refractivity contribution in [3.63, 3.8) is 0 Å².